The van der Waals surface area contributed by atoms with Gasteiger partial charge in [-0.3, -0.25) is 4.90 Å². The van der Waals surface area contributed by atoms with Crippen LogP contribution in [0.2, 0.25) is 0 Å². The molecule has 0 aromatic carbocycles. The van der Waals surface area contributed by atoms with Crippen molar-refractivity contribution in [3.8, 4) is 0 Å². The molecule has 2 aliphatic heterocycles. The van der Waals surface area contributed by atoms with Gasteiger partial charge in [0.25, 0.3) is 0 Å². The molecule has 1 saturated carbocycles. The minimum Gasteiger partial charge on any atom is -0.316 e. The largest absolute Gasteiger partial charge is 0.316 e. The third-order valence-corrected chi connectivity index (χ3v) is 5.50. The molecule has 0 aromatic heterocycles. The smallest absolute Gasteiger partial charge is 0.0124 e. The van der Waals surface area contributed by atoms with Crippen molar-refractivity contribution in [1.82, 2.24) is 10.2 Å². The Balaban J connectivity index is 1.61. The average Bonchev–Trinajstić information content (AvgIpc) is 2.76. The molecule has 2 nitrogen and oxygen atoms in total. The molecule has 1 aliphatic carbocycles. The van der Waals surface area contributed by atoms with Gasteiger partial charge in [-0.15, -0.1) is 0 Å². The number of nitrogens with zero attached hydrogens (tertiary/aromatic N) is 1. The Labute approximate surface area is 106 Å². The van der Waals surface area contributed by atoms with E-state index in [-0.39, 0.29) is 0 Å². The molecule has 4 atom stereocenters. The molecular formula is C15H28N2. The summed E-state index contributed by atoms with van der Waals surface area (Å²) in [4.78, 5) is 2.86. The van der Waals surface area contributed by atoms with Gasteiger partial charge in [0.15, 0.2) is 0 Å². The number of hydrogen-bond donors (Lipinski definition) is 1. The van der Waals surface area contributed by atoms with Crippen molar-refractivity contribution in [1.29, 1.82) is 0 Å². The fraction of sp³-hybridized carbons (Fsp3) is 1.00. The van der Waals surface area contributed by atoms with Crippen LogP contribution >= 0.6 is 0 Å². The number of rotatable bonds is 2. The summed E-state index contributed by atoms with van der Waals surface area (Å²) in [5.74, 6) is 2.84. The summed E-state index contributed by atoms with van der Waals surface area (Å²) in [7, 11) is 0. The number of likely N-dealkylation sites (tertiary alicyclic amines) is 1. The van der Waals surface area contributed by atoms with E-state index < -0.39 is 0 Å². The molecule has 17 heavy (non-hydrogen) atoms. The Morgan fingerprint density at radius 1 is 1.06 bits per heavy atom. The lowest BCUT2D eigenvalue weighted by Gasteiger charge is -2.45. The Bertz CT molecular complexity index is 251. The van der Waals surface area contributed by atoms with Gasteiger partial charge >= 0.3 is 0 Å². The Morgan fingerprint density at radius 2 is 1.88 bits per heavy atom. The minimum atomic E-state index is 0.888. The van der Waals surface area contributed by atoms with Crippen LogP contribution in [0.1, 0.15) is 45.4 Å². The number of piperidine rings is 1. The predicted molar refractivity (Wildman–Crippen MR) is 72.1 cm³/mol. The van der Waals surface area contributed by atoms with Gasteiger partial charge in [0.2, 0.25) is 0 Å². The SMILES string of the molecule is CC1CNCC1CN1CCCC2CCCCC21. The Morgan fingerprint density at radius 3 is 2.71 bits per heavy atom. The van der Waals surface area contributed by atoms with E-state index in [4.69, 9.17) is 0 Å². The van der Waals surface area contributed by atoms with Crippen LogP contribution < -0.4 is 5.32 Å². The maximum atomic E-state index is 3.56. The molecule has 0 bridgehead atoms. The number of fused-ring (bicyclic) bond motifs is 1. The molecule has 0 spiro atoms. The normalized spacial score (nSPS) is 43.6. The monoisotopic (exact) mass is 236 g/mol. The second kappa shape index (κ2) is 5.27. The Hall–Kier alpha value is -0.0800. The van der Waals surface area contributed by atoms with Gasteiger partial charge in [0, 0.05) is 12.6 Å². The van der Waals surface area contributed by atoms with Crippen LogP contribution in [0.3, 0.4) is 0 Å². The first-order chi connectivity index (χ1) is 8.34. The third kappa shape index (κ3) is 2.53. The summed E-state index contributed by atoms with van der Waals surface area (Å²) in [6.45, 7) is 7.67. The van der Waals surface area contributed by atoms with Gasteiger partial charge in [-0.05, 0) is 63.1 Å². The second-order valence-electron chi connectivity index (χ2n) is 6.64. The van der Waals surface area contributed by atoms with Gasteiger partial charge in [-0.2, -0.15) is 0 Å². The van der Waals surface area contributed by atoms with E-state index in [0.717, 1.165) is 23.8 Å². The highest BCUT2D eigenvalue weighted by atomic mass is 15.2. The molecule has 2 saturated heterocycles. The van der Waals surface area contributed by atoms with E-state index in [0.29, 0.717) is 0 Å². The summed E-state index contributed by atoms with van der Waals surface area (Å²) in [5.41, 5.74) is 0. The van der Waals surface area contributed by atoms with Crippen LogP contribution in [0, 0.1) is 17.8 Å². The summed E-state index contributed by atoms with van der Waals surface area (Å²) < 4.78 is 0. The van der Waals surface area contributed by atoms with Crippen LogP contribution in [0.5, 0.6) is 0 Å². The maximum absolute atomic E-state index is 3.56. The van der Waals surface area contributed by atoms with Crippen molar-refractivity contribution in [2.24, 2.45) is 17.8 Å². The zero-order valence-electron chi connectivity index (χ0n) is 11.3. The fourth-order valence-corrected chi connectivity index (χ4v) is 4.36. The van der Waals surface area contributed by atoms with Crippen LogP contribution in [-0.2, 0) is 0 Å². The zero-order valence-corrected chi connectivity index (χ0v) is 11.3. The van der Waals surface area contributed by atoms with E-state index in [1.54, 1.807) is 0 Å². The van der Waals surface area contributed by atoms with Crippen molar-refractivity contribution in [3.63, 3.8) is 0 Å². The van der Waals surface area contributed by atoms with E-state index in [2.05, 4.69) is 17.1 Å². The van der Waals surface area contributed by atoms with E-state index in [9.17, 15) is 0 Å². The standard InChI is InChI=1S/C15H28N2/c1-12-9-16-10-14(12)11-17-8-4-6-13-5-2-3-7-15(13)17/h12-16H,2-11H2,1H3. The van der Waals surface area contributed by atoms with Gasteiger partial charge in [-0.25, -0.2) is 0 Å². The topological polar surface area (TPSA) is 15.3 Å². The molecule has 0 amide bonds. The van der Waals surface area contributed by atoms with Crippen molar-refractivity contribution in [2.45, 2.75) is 51.5 Å². The second-order valence-corrected chi connectivity index (χ2v) is 6.64. The highest BCUT2D eigenvalue weighted by Gasteiger charge is 2.35. The first-order valence-electron chi connectivity index (χ1n) is 7.79. The Kier molecular flexibility index (Phi) is 3.72. The van der Waals surface area contributed by atoms with Gasteiger partial charge in [-0.1, -0.05) is 19.8 Å². The first-order valence-corrected chi connectivity index (χ1v) is 7.79. The molecule has 3 fully saturated rings. The summed E-state index contributed by atoms with van der Waals surface area (Å²) in [5, 5.41) is 3.56. The van der Waals surface area contributed by atoms with Crippen LogP contribution in [-0.4, -0.2) is 37.1 Å². The summed E-state index contributed by atoms with van der Waals surface area (Å²) >= 11 is 0. The number of hydrogen-bond acceptors (Lipinski definition) is 2. The molecule has 0 radical (unpaired) electrons. The molecular weight excluding hydrogens is 208 g/mol. The van der Waals surface area contributed by atoms with E-state index in [1.807, 2.05) is 0 Å². The summed E-state index contributed by atoms with van der Waals surface area (Å²) in [6, 6.07) is 0.949. The van der Waals surface area contributed by atoms with Gasteiger partial charge in [0.05, 0.1) is 0 Å². The highest BCUT2D eigenvalue weighted by Crippen LogP contribution is 2.36. The molecule has 2 heterocycles. The molecule has 3 aliphatic rings. The van der Waals surface area contributed by atoms with Crippen LogP contribution in [0.25, 0.3) is 0 Å². The maximum Gasteiger partial charge on any atom is 0.0124 e. The van der Waals surface area contributed by atoms with E-state index in [1.165, 1.54) is 64.7 Å². The lowest BCUT2D eigenvalue weighted by molar-refractivity contribution is 0.0459. The molecule has 1 N–H and O–H groups in total. The fourth-order valence-electron chi connectivity index (χ4n) is 4.36. The molecule has 4 unspecified atom stereocenters. The molecule has 3 rings (SSSR count). The van der Waals surface area contributed by atoms with Gasteiger partial charge < -0.3 is 5.32 Å². The van der Waals surface area contributed by atoms with Crippen molar-refractivity contribution in [3.05, 3.63) is 0 Å². The van der Waals surface area contributed by atoms with E-state index >= 15 is 0 Å². The predicted octanol–water partition coefficient (Wildman–Crippen LogP) is 2.50. The third-order valence-electron chi connectivity index (χ3n) is 5.50. The van der Waals surface area contributed by atoms with Gasteiger partial charge in [0.1, 0.15) is 0 Å². The lowest BCUT2D eigenvalue weighted by atomic mass is 9.78. The van der Waals surface area contributed by atoms with Crippen molar-refractivity contribution in [2.75, 3.05) is 26.2 Å². The first kappa shape index (κ1) is 12.0. The van der Waals surface area contributed by atoms with Crippen molar-refractivity contribution >= 4 is 0 Å². The van der Waals surface area contributed by atoms with Crippen LogP contribution in [0.4, 0.5) is 0 Å². The number of nitrogens with one attached hydrogen (secondary N) is 1. The summed E-state index contributed by atoms with van der Waals surface area (Å²) in [6.07, 6.45) is 8.95. The lowest BCUT2D eigenvalue weighted by Crippen LogP contribution is -2.49. The average molecular weight is 236 g/mol. The minimum absolute atomic E-state index is 0.888. The van der Waals surface area contributed by atoms with Crippen LogP contribution in [0.15, 0.2) is 0 Å². The molecule has 2 heteroatoms. The molecule has 98 valence electrons. The quantitative estimate of drug-likeness (QED) is 0.792. The van der Waals surface area contributed by atoms with Crippen molar-refractivity contribution < 1.29 is 0 Å². The highest BCUT2D eigenvalue weighted by molar-refractivity contribution is 4.90. The molecule has 0 aromatic rings. The zero-order chi connectivity index (χ0) is 11.7.